The highest BCUT2D eigenvalue weighted by Gasteiger charge is 2.08. The quantitative estimate of drug-likeness (QED) is 0.675. The van der Waals surface area contributed by atoms with Gasteiger partial charge in [-0.25, -0.2) is 0 Å². The van der Waals surface area contributed by atoms with Gasteiger partial charge in [-0.3, -0.25) is 4.79 Å². The Morgan fingerprint density at radius 2 is 1.88 bits per heavy atom. The molecule has 0 spiro atoms. The van der Waals surface area contributed by atoms with Gasteiger partial charge in [0.25, 0.3) is 0 Å². The van der Waals surface area contributed by atoms with E-state index in [9.17, 15) is 4.79 Å². The number of nitrogens with zero attached hydrogens (tertiary/aromatic N) is 4. The number of carbonyl (C=O) groups is 1. The minimum atomic E-state index is -0.0445. The SMILES string of the molecule is COCc1ccccc1NC(=O)CCCn1nnc(-c2ccccc2)n1. The van der Waals surface area contributed by atoms with Gasteiger partial charge in [-0.15, -0.1) is 10.2 Å². The minimum Gasteiger partial charge on any atom is -0.380 e. The Morgan fingerprint density at radius 1 is 1.12 bits per heavy atom. The highest BCUT2D eigenvalue weighted by atomic mass is 16.5. The lowest BCUT2D eigenvalue weighted by Gasteiger charge is -2.10. The van der Waals surface area contributed by atoms with E-state index in [4.69, 9.17) is 4.74 Å². The van der Waals surface area contributed by atoms with E-state index in [1.165, 1.54) is 4.80 Å². The number of para-hydroxylation sites is 1. The van der Waals surface area contributed by atoms with Gasteiger partial charge in [0.05, 0.1) is 13.2 Å². The summed E-state index contributed by atoms with van der Waals surface area (Å²) in [6.07, 6.45) is 1.01. The molecule has 0 aliphatic rings. The molecule has 0 radical (unpaired) electrons. The molecule has 0 atom stereocenters. The number of hydrogen-bond acceptors (Lipinski definition) is 5. The Morgan fingerprint density at radius 3 is 2.69 bits per heavy atom. The lowest BCUT2D eigenvalue weighted by molar-refractivity contribution is -0.116. The summed E-state index contributed by atoms with van der Waals surface area (Å²) in [5.41, 5.74) is 2.66. The first-order valence-corrected chi connectivity index (χ1v) is 8.46. The van der Waals surface area contributed by atoms with Crippen molar-refractivity contribution in [2.24, 2.45) is 0 Å². The number of rotatable bonds is 8. The molecule has 0 saturated heterocycles. The molecule has 0 bridgehead atoms. The first kappa shape index (κ1) is 17.8. The summed E-state index contributed by atoms with van der Waals surface area (Å²) >= 11 is 0. The fraction of sp³-hybridized carbons (Fsp3) is 0.263. The van der Waals surface area contributed by atoms with E-state index in [0.717, 1.165) is 16.8 Å². The lowest BCUT2D eigenvalue weighted by atomic mass is 10.2. The Bertz CT molecular complexity index is 848. The predicted octanol–water partition coefficient (Wildman–Crippen LogP) is 2.91. The van der Waals surface area contributed by atoms with Gasteiger partial charge in [0.15, 0.2) is 0 Å². The largest absolute Gasteiger partial charge is 0.380 e. The van der Waals surface area contributed by atoms with Crippen LogP contribution in [0.4, 0.5) is 5.69 Å². The number of nitrogens with one attached hydrogen (secondary N) is 1. The number of tetrazole rings is 1. The first-order chi connectivity index (χ1) is 12.8. The maximum absolute atomic E-state index is 12.2. The zero-order valence-corrected chi connectivity index (χ0v) is 14.6. The van der Waals surface area contributed by atoms with Crippen molar-refractivity contribution in [3.63, 3.8) is 0 Å². The topological polar surface area (TPSA) is 81.9 Å². The second-order valence-corrected chi connectivity index (χ2v) is 5.82. The smallest absolute Gasteiger partial charge is 0.224 e. The van der Waals surface area contributed by atoms with Gasteiger partial charge < -0.3 is 10.1 Å². The molecule has 0 saturated carbocycles. The maximum Gasteiger partial charge on any atom is 0.224 e. The van der Waals surface area contributed by atoms with Crippen molar-refractivity contribution in [3.05, 3.63) is 60.2 Å². The third-order valence-corrected chi connectivity index (χ3v) is 3.84. The second-order valence-electron chi connectivity index (χ2n) is 5.82. The zero-order valence-electron chi connectivity index (χ0n) is 14.6. The summed E-state index contributed by atoms with van der Waals surface area (Å²) < 4.78 is 5.15. The molecule has 2 aromatic carbocycles. The van der Waals surface area contributed by atoms with E-state index < -0.39 is 0 Å². The van der Waals surface area contributed by atoms with Crippen LogP contribution in [0.2, 0.25) is 0 Å². The van der Waals surface area contributed by atoms with Crippen molar-refractivity contribution in [2.75, 3.05) is 12.4 Å². The standard InChI is InChI=1S/C19H21N5O2/c1-26-14-16-10-5-6-11-17(16)20-18(25)12-7-13-24-22-19(21-23-24)15-8-3-2-4-9-15/h2-6,8-11H,7,12-14H2,1H3,(H,20,25). The number of amides is 1. The van der Waals surface area contributed by atoms with Gasteiger partial charge in [0, 0.05) is 30.3 Å². The van der Waals surface area contributed by atoms with Crippen molar-refractivity contribution in [3.8, 4) is 11.4 Å². The van der Waals surface area contributed by atoms with Crippen molar-refractivity contribution in [1.82, 2.24) is 20.2 Å². The summed E-state index contributed by atoms with van der Waals surface area (Å²) in [5.74, 6) is 0.542. The number of aryl methyl sites for hydroxylation is 1. The summed E-state index contributed by atoms with van der Waals surface area (Å²) in [5, 5.41) is 15.4. The van der Waals surface area contributed by atoms with Crippen LogP contribution in [0.15, 0.2) is 54.6 Å². The Kier molecular flexibility index (Phi) is 6.05. The van der Waals surface area contributed by atoms with Crippen molar-refractivity contribution >= 4 is 11.6 Å². The molecule has 0 aliphatic carbocycles. The molecule has 3 aromatic rings. The number of ether oxygens (including phenoxy) is 1. The van der Waals surface area contributed by atoms with E-state index in [1.54, 1.807) is 7.11 Å². The predicted molar refractivity (Wildman–Crippen MR) is 98.3 cm³/mol. The van der Waals surface area contributed by atoms with Crippen LogP contribution in [-0.2, 0) is 22.7 Å². The van der Waals surface area contributed by atoms with Crippen molar-refractivity contribution < 1.29 is 9.53 Å². The van der Waals surface area contributed by atoms with Crippen molar-refractivity contribution in [1.29, 1.82) is 0 Å². The van der Waals surface area contributed by atoms with Crippen LogP contribution in [-0.4, -0.2) is 33.2 Å². The molecule has 1 N–H and O–H groups in total. The van der Waals surface area contributed by atoms with Gasteiger partial charge in [-0.2, -0.15) is 4.80 Å². The van der Waals surface area contributed by atoms with Crippen LogP contribution in [0.25, 0.3) is 11.4 Å². The van der Waals surface area contributed by atoms with E-state index in [-0.39, 0.29) is 5.91 Å². The van der Waals surface area contributed by atoms with Crippen LogP contribution in [0.5, 0.6) is 0 Å². The fourth-order valence-corrected chi connectivity index (χ4v) is 2.56. The zero-order chi connectivity index (χ0) is 18.2. The Balaban J connectivity index is 1.49. The number of hydrogen-bond donors (Lipinski definition) is 1. The first-order valence-electron chi connectivity index (χ1n) is 8.46. The number of methoxy groups -OCH3 is 1. The van der Waals surface area contributed by atoms with E-state index in [2.05, 4.69) is 20.7 Å². The molecule has 1 amide bonds. The summed E-state index contributed by atoms with van der Waals surface area (Å²) in [4.78, 5) is 13.7. The van der Waals surface area contributed by atoms with Crippen molar-refractivity contribution in [2.45, 2.75) is 26.0 Å². The third-order valence-electron chi connectivity index (χ3n) is 3.84. The van der Waals surface area contributed by atoms with Gasteiger partial charge in [-0.05, 0) is 17.7 Å². The minimum absolute atomic E-state index is 0.0445. The summed E-state index contributed by atoms with van der Waals surface area (Å²) in [6.45, 7) is 0.995. The summed E-state index contributed by atoms with van der Waals surface area (Å²) in [7, 11) is 1.63. The second kappa shape index (κ2) is 8.87. The molecule has 7 nitrogen and oxygen atoms in total. The molecule has 0 fully saturated rings. The molecule has 134 valence electrons. The molecular formula is C19H21N5O2. The number of benzene rings is 2. The number of anilines is 1. The monoisotopic (exact) mass is 351 g/mol. The maximum atomic E-state index is 12.2. The Hall–Kier alpha value is -3.06. The lowest BCUT2D eigenvalue weighted by Crippen LogP contribution is -2.14. The van der Waals surface area contributed by atoms with Crippen LogP contribution in [0, 0.1) is 0 Å². The highest BCUT2D eigenvalue weighted by molar-refractivity contribution is 5.91. The molecule has 1 aromatic heterocycles. The molecule has 26 heavy (non-hydrogen) atoms. The molecule has 0 aliphatic heterocycles. The molecular weight excluding hydrogens is 330 g/mol. The van der Waals surface area contributed by atoms with Gasteiger partial charge >= 0.3 is 0 Å². The van der Waals surface area contributed by atoms with E-state index in [0.29, 0.717) is 31.8 Å². The van der Waals surface area contributed by atoms with E-state index >= 15 is 0 Å². The van der Waals surface area contributed by atoms with Gasteiger partial charge in [-0.1, -0.05) is 48.5 Å². The number of carbonyl (C=O) groups excluding carboxylic acids is 1. The van der Waals surface area contributed by atoms with Crippen LogP contribution < -0.4 is 5.32 Å². The van der Waals surface area contributed by atoms with Crippen LogP contribution in [0.3, 0.4) is 0 Å². The number of aromatic nitrogens is 4. The highest BCUT2D eigenvalue weighted by Crippen LogP contribution is 2.16. The molecule has 3 rings (SSSR count). The molecule has 0 unspecified atom stereocenters. The van der Waals surface area contributed by atoms with Gasteiger partial charge in [0.2, 0.25) is 11.7 Å². The normalized spacial score (nSPS) is 10.7. The van der Waals surface area contributed by atoms with E-state index in [1.807, 2.05) is 54.6 Å². The summed E-state index contributed by atoms with van der Waals surface area (Å²) in [6, 6.07) is 17.3. The van der Waals surface area contributed by atoms with Crippen LogP contribution >= 0.6 is 0 Å². The fourth-order valence-electron chi connectivity index (χ4n) is 2.56. The van der Waals surface area contributed by atoms with Crippen LogP contribution in [0.1, 0.15) is 18.4 Å². The Labute approximate surface area is 152 Å². The van der Waals surface area contributed by atoms with Gasteiger partial charge in [0.1, 0.15) is 0 Å². The average molecular weight is 351 g/mol. The molecule has 7 heteroatoms. The third kappa shape index (κ3) is 4.73. The average Bonchev–Trinajstić information content (AvgIpc) is 3.13. The molecule has 1 heterocycles.